The van der Waals surface area contributed by atoms with Crippen molar-refractivity contribution in [2.24, 2.45) is 0 Å². The molecule has 2 fully saturated rings. The van der Waals surface area contributed by atoms with Gasteiger partial charge in [0.2, 0.25) is 5.91 Å². The summed E-state index contributed by atoms with van der Waals surface area (Å²) in [5.41, 5.74) is 0.662. The molecule has 0 spiro atoms. The van der Waals surface area contributed by atoms with Crippen LogP contribution in [-0.2, 0) is 22.4 Å². The molecule has 2 aromatic rings. The lowest BCUT2D eigenvalue weighted by atomic mass is 9.88. The van der Waals surface area contributed by atoms with Crippen molar-refractivity contribution in [3.63, 3.8) is 0 Å². The molecule has 0 aromatic heterocycles. The summed E-state index contributed by atoms with van der Waals surface area (Å²) < 4.78 is 19.4. The van der Waals surface area contributed by atoms with Gasteiger partial charge in [-0.3, -0.25) is 9.69 Å². The molecule has 4 rings (SSSR count). The first kappa shape index (κ1) is 18.7. The van der Waals surface area contributed by atoms with Crippen LogP contribution < -0.4 is 0 Å². The molecular formula is C21H20ClFN2O3. The minimum absolute atomic E-state index is 0.109. The second-order valence-corrected chi connectivity index (χ2v) is 7.69. The van der Waals surface area contributed by atoms with Gasteiger partial charge in [0.05, 0.1) is 6.42 Å². The molecule has 0 saturated carbocycles. The number of carbonyl (C=O) groups excluding carboxylic acids is 2. The molecule has 2 aliphatic rings. The van der Waals surface area contributed by atoms with E-state index < -0.39 is 11.4 Å². The maximum absolute atomic E-state index is 14.1. The van der Waals surface area contributed by atoms with Gasteiger partial charge in [0.15, 0.2) is 0 Å². The normalized spacial score (nSPS) is 21.4. The third-order valence-corrected chi connectivity index (χ3v) is 5.81. The Morgan fingerprint density at radius 3 is 2.68 bits per heavy atom. The number of cyclic esters (lactones) is 1. The van der Waals surface area contributed by atoms with Crippen molar-refractivity contribution in [3.05, 3.63) is 70.5 Å². The summed E-state index contributed by atoms with van der Waals surface area (Å²) >= 11 is 6.07. The van der Waals surface area contributed by atoms with E-state index in [0.29, 0.717) is 26.1 Å². The van der Waals surface area contributed by atoms with Crippen LogP contribution >= 0.6 is 11.6 Å². The summed E-state index contributed by atoms with van der Waals surface area (Å²) in [5.74, 6) is -0.698. The SMILES string of the molecule is O=C(Cc1c(F)cccc1Cl)N1CCN2C(=O)OCC2(Cc2ccccc2)C1. The number of benzene rings is 2. The molecular weight excluding hydrogens is 383 g/mol. The van der Waals surface area contributed by atoms with Gasteiger partial charge < -0.3 is 9.64 Å². The monoisotopic (exact) mass is 402 g/mol. The summed E-state index contributed by atoms with van der Waals surface area (Å²) in [6, 6.07) is 14.2. The van der Waals surface area contributed by atoms with Gasteiger partial charge >= 0.3 is 6.09 Å². The van der Waals surface area contributed by atoms with Gasteiger partial charge in [-0.2, -0.15) is 0 Å². The van der Waals surface area contributed by atoms with Crippen LogP contribution in [0.15, 0.2) is 48.5 Å². The molecule has 1 unspecified atom stereocenters. The van der Waals surface area contributed by atoms with Crippen molar-refractivity contribution in [2.75, 3.05) is 26.2 Å². The molecule has 2 heterocycles. The second kappa shape index (κ2) is 7.43. The maximum Gasteiger partial charge on any atom is 0.410 e. The molecule has 2 aliphatic heterocycles. The number of nitrogens with zero attached hydrogens (tertiary/aromatic N) is 2. The van der Waals surface area contributed by atoms with Crippen LogP contribution in [0.25, 0.3) is 0 Å². The van der Waals surface area contributed by atoms with E-state index in [0.717, 1.165) is 5.56 Å². The summed E-state index contributed by atoms with van der Waals surface area (Å²) in [5, 5.41) is 0.241. The van der Waals surface area contributed by atoms with Gasteiger partial charge in [-0.1, -0.05) is 48.0 Å². The van der Waals surface area contributed by atoms with Gasteiger partial charge in [0, 0.05) is 36.6 Å². The first-order valence-electron chi connectivity index (χ1n) is 9.17. The summed E-state index contributed by atoms with van der Waals surface area (Å²) in [6.45, 7) is 1.35. The largest absolute Gasteiger partial charge is 0.447 e. The molecule has 0 aliphatic carbocycles. The number of hydrogen-bond acceptors (Lipinski definition) is 3. The van der Waals surface area contributed by atoms with Gasteiger partial charge in [0.25, 0.3) is 0 Å². The van der Waals surface area contributed by atoms with Crippen LogP contribution in [0.4, 0.5) is 9.18 Å². The second-order valence-electron chi connectivity index (χ2n) is 7.29. The number of piperazine rings is 1. The van der Waals surface area contributed by atoms with Crippen molar-refractivity contribution >= 4 is 23.6 Å². The van der Waals surface area contributed by atoms with Crippen molar-refractivity contribution in [3.8, 4) is 0 Å². The highest BCUT2D eigenvalue weighted by Crippen LogP contribution is 2.33. The van der Waals surface area contributed by atoms with E-state index in [-0.39, 0.29) is 35.6 Å². The van der Waals surface area contributed by atoms with Crippen molar-refractivity contribution in [1.82, 2.24) is 9.80 Å². The topological polar surface area (TPSA) is 49.9 Å². The molecule has 5 nitrogen and oxygen atoms in total. The molecule has 0 N–H and O–H groups in total. The standard InChI is InChI=1S/C21H20ClFN2O3/c22-17-7-4-8-18(23)16(17)11-19(26)24-9-10-25-20(27)28-14-21(25,13-24)12-15-5-2-1-3-6-15/h1-8H,9-14H2. The van der Waals surface area contributed by atoms with Gasteiger partial charge in [0.1, 0.15) is 18.0 Å². The van der Waals surface area contributed by atoms with Gasteiger partial charge in [-0.25, -0.2) is 9.18 Å². The van der Waals surface area contributed by atoms with Crippen molar-refractivity contribution in [1.29, 1.82) is 0 Å². The lowest BCUT2D eigenvalue weighted by Crippen LogP contribution is -2.63. The van der Waals surface area contributed by atoms with E-state index in [1.807, 2.05) is 30.3 Å². The van der Waals surface area contributed by atoms with Gasteiger partial charge in [-0.05, 0) is 17.7 Å². The number of amides is 2. The lowest BCUT2D eigenvalue weighted by Gasteiger charge is -2.44. The number of fused-ring (bicyclic) bond motifs is 1. The van der Waals surface area contributed by atoms with Crippen molar-refractivity contribution < 1.29 is 18.7 Å². The van der Waals surface area contributed by atoms with Crippen LogP contribution in [0, 0.1) is 5.82 Å². The summed E-state index contributed by atoms with van der Waals surface area (Å²) in [4.78, 5) is 28.5. The van der Waals surface area contributed by atoms with E-state index in [2.05, 4.69) is 0 Å². The Balaban J connectivity index is 1.55. The van der Waals surface area contributed by atoms with Crippen LogP contribution in [-0.4, -0.2) is 53.6 Å². The number of carbonyl (C=O) groups is 2. The molecule has 2 saturated heterocycles. The summed E-state index contributed by atoms with van der Waals surface area (Å²) in [7, 11) is 0. The number of ether oxygens (including phenoxy) is 1. The third kappa shape index (κ3) is 3.44. The number of hydrogen-bond donors (Lipinski definition) is 0. The van der Waals surface area contributed by atoms with Gasteiger partial charge in [-0.15, -0.1) is 0 Å². The Labute approximate surface area is 167 Å². The Hall–Kier alpha value is -2.60. The molecule has 0 bridgehead atoms. The fraction of sp³-hybridized carbons (Fsp3) is 0.333. The van der Waals surface area contributed by atoms with Crippen LogP contribution in [0.1, 0.15) is 11.1 Å². The van der Waals surface area contributed by atoms with Crippen LogP contribution in [0.5, 0.6) is 0 Å². The zero-order valence-electron chi connectivity index (χ0n) is 15.2. The average Bonchev–Trinajstić information content (AvgIpc) is 3.01. The highest BCUT2D eigenvalue weighted by atomic mass is 35.5. The van der Waals surface area contributed by atoms with Crippen LogP contribution in [0.2, 0.25) is 5.02 Å². The highest BCUT2D eigenvalue weighted by molar-refractivity contribution is 6.31. The van der Waals surface area contributed by atoms with E-state index in [1.165, 1.54) is 12.1 Å². The summed E-state index contributed by atoms with van der Waals surface area (Å²) in [6.07, 6.45) is 0.131. The molecule has 28 heavy (non-hydrogen) atoms. The predicted molar refractivity (Wildman–Crippen MR) is 103 cm³/mol. The minimum Gasteiger partial charge on any atom is -0.447 e. The van der Waals surface area contributed by atoms with Crippen LogP contribution in [0.3, 0.4) is 0 Å². The first-order chi connectivity index (χ1) is 13.5. The quantitative estimate of drug-likeness (QED) is 0.788. The van der Waals surface area contributed by atoms with Crippen molar-refractivity contribution in [2.45, 2.75) is 18.4 Å². The minimum atomic E-state index is -0.606. The Morgan fingerprint density at radius 1 is 1.14 bits per heavy atom. The van der Waals surface area contributed by atoms with E-state index >= 15 is 0 Å². The average molecular weight is 403 g/mol. The molecule has 146 valence electrons. The smallest absolute Gasteiger partial charge is 0.410 e. The molecule has 2 amide bonds. The van der Waals surface area contributed by atoms with E-state index in [1.54, 1.807) is 15.9 Å². The lowest BCUT2D eigenvalue weighted by molar-refractivity contribution is -0.134. The van der Waals surface area contributed by atoms with E-state index in [4.69, 9.17) is 16.3 Å². The van der Waals surface area contributed by atoms with E-state index in [9.17, 15) is 14.0 Å². The zero-order chi connectivity index (χ0) is 19.7. The molecule has 2 aromatic carbocycles. The number of halogens is 2. The predicted octanol–water partition coefficient (Wildman–Crippen LogP) is 3.30. The Morgan fingerprint density at radius 2 is 1.93 bits per heavy atom. The molecule has 0 radical (unpaired) electrons. The fourth-order valence-electron chi connectivity index (χ4n) is 4.02. The maximum atomic E-state index is 14.1. The zero-order valence-corrected chi connectivity index (χ0v) is 16.0. The third-order valence-electron chi connectivity index (χ3n) is 5.45. The molecule has 1 atom stereocenters. The Bertz CT molecular complexity index is 888. The highest BCUT2D eigenvalue weighted by Gasteiger charge is 2.51. The fourth-order valence-corrected chi connectivity index (χ4v) is 4.25. The first-order valence-corrected chi connectivity index (χ1v) is 9.55. The number of rotatable bonds is 4. The molecule has 7 heteroatoms. The Kier molecular flexibility index (Phi) is 4.98.